The number of aryl methyl sites for hydroxylation is 2. The number of nitrogens with zero attached hydrogens (tertiary/aromatic N) is 3. The number of amides is 1. The molecular formula is C23H25N5O. The van der Waals surface area contributed by atoms with Crippen molar-refractivity contribution in [3.63, 3.8) is 0 Å². The number of nitrogens with two attached hydrogens (primary N) is 1. The maximum absolute atomic E-state index is 13.0. The average molecular weight is 387 g/mol. The minimum atomic E-state index is -0.204. The fraction of sp³-hybridized carbons (Fsp3) is 0.261. The lowest BCUT2D eigenvalue weighted by atomic mass is 10.1. The van der Waals surface area contributed by atoms with E-state index in [2.05, 4.69) is 17.4 Å². The summed E-state index contributed by atoms with van der Waals surface area (Å²) in [6, 6.07) is 17.9. The van der Waals surface area contributed by atoms with E-state index in [9.17, 15) is 4.79 Å². The Morgan fingerprint density at radius 1 is 1.07 bits per heavy atom. The molecule has 0 unspecified atom stereocenters. The van der Waals surface area contributed by atoms with Gasteiger partial charge >= 0.3 is 0 Å². The third kappa shape index (κ3) is 3.66. The average Bonchev–Trinajstić information content (AvgIpc) is 3.01. The fourth-order valence-electron chi connectivity index (χ4n) is 3.45. The maximum Gasteiger partial charge on any atom is 0.257 e. The van der Waals surface area contributed by atoms with Gasteiger partial charge in [0.15, 0.2) is 5.65 Å². The number of nitrogen functional groups attached to an aromatic ring is 1. The Morgan fingerprint density at radius 2 is 1.72 bits per heavy atom. The summed E-state index contributed by atoms with van der Waals surface area (Å²) in [5, 5.41) is 3.01. The van der Waals surface area contributed by atoms with E-state index in [4.69, 9.17) is 15.7 Å². The lowest BCUT2D eigenvalue weighted by Gasteiger charge is -2.11. The summed E-state index contributed by atoms with van der Waals surface area (Å²) >= 11 is 0. The van der Waals surface area contributed by atoms with Crippen LogP contribution in [0.5, 0.6) is 0 Å². The minimum absolute atomic E-state index is 0.0537. The SMILES string of the molecule is CC[C@H](C)NC(=O)c1c(N)n(CCc2ccccc2)c2nc3ccccc3nc12. The predicted octanol–water partition coefficient (Wildman–Crippen LogP) is 3.94. The molecule has 2 aromatic carbocycles. The van der Waals surface area contributed by atoms with Crippen molar-refractivity contribution in [1.29, 1.82) is 0 Å². The van der Waals surface area contributed by atoms with Crippen molar-refractivity contribution in [2.75, 3.05) is 5.73 Å². The number of para-hydroxylation sites is 2. The molecular weight excluding hydrogens is 362 g/mol. The number of fused-ring (bicyclic) bond motifs is 2. The van der Waals surface area contributed by atoms with Gasteiger partial charge in [-0.25, -0.2) is 9.97 Å². The molecule has 0 aliphatic carbocycles. The van der Waals surface area contributed by atoms with E-state index in [-0.39, 0.29) is 11.9 Å². The Balaban J connectivity index is 1.83. The molecule has 0 spiro atoms. The number of carbonyl (C=O) groups is 1. The Bertz CT molecular complexity index is 1170. The molecule has 0 aliphatic heterocycles. The van der Waals surface area contributed by atoms with Gasteiger partial charge in [-0.2, -0.15) is 0 Å². The smallest absolute Gasteiger partial charge is 0.257 e. The predicted molar refractivity (Wildman–Crippen MR) is 117 cm³/mol. The Labute approximate surface area is 169 Å². The van der Waals surface area contributed by atoms with Gasteiger partial charge in [-0.15, -0.1) is 0 Å². The second-order valence-corrected chi connectivity index (χ2v) is 7.31. The summed E-state index contributed by atoms with van der Waals surface area (Å²) in [7, 11) is 0. The molecule has 29 heavy (non-hydrogen) atoms. The van der Waals surface area contributed by atoms with E-state index in [1.807, 2.05) is 60.9 Å². The Hall–Kier alpha value is -3.41. The van der Waals surface area contributed by atoms with E-state index in [0.717, 1.165) is 23.9 Å². The molecule has 2 aromatic heterocycles. The Morgan fingerprint density at radius 3 is 2.41 bits per heavy atom. The zero-order chi connectivity index (χ0) is 20.4. The maximum atomic E-state index is 13.0. The molecule has 0 bridgehead atoms. The number of hydrogen-bond donors (Lipinski definition) is 2. The molecule has 4 rings (SSSR count). The summed E-state index contributed by atoms with van der Waals surface area (Å²) < 4.78 is 1.91. The van der Waals surface area contributed by atoms with Crippen LogP contribution in [0, 0.1) is 0 Å². The molecule has 3 N–H and O–H groups in total. The number of benzene rings is 2. The van der Waals surface area contributed by atoms with Crippen LogP contribution >= 0.6 is 0 Å². The summed E-state index contributed by atoms with van der Waals surface area (Å²) in [6.45, 7) is 4.63. The molecule has 0 fully saturated rings. The summed E-state index contributed by atoms with van der Waals surface area (Å²) in [5.41, 5.74) is 10.8. The van der Waals surface area contributed by atoms with Crippen LogP contribution < -0.4 is 11.1 Å². The van der Waals surface area contributed by atoms with Crippen LogP contribution in [-0.4, -0.2) is 26.5 Å². The van der Waals surface area contributed by atoms with E-state index < -0.39 is 0 Å². The highest BCUT2D eigenvalue weighted by atomic mass is 16.1. The first-order valence-electron chi connectivity index (χ1n) is 9.97. The molecule has 0 radical (unpaired) electrons. The van der Waals surface area contributed by atoms with Crippen molar-refractivity contribution in [2.45, 2.75) is 39.3 Å². The first-order chi connectivity index (χ1) is 14.1. The van der Waals surface area contributed by atoms with Crippen LogP contribution in [0.4, 0.5) is 5.82 Å². The molecule has 4 aromatic rings. The monoisotopic (exact) mass is 387 g/mol. The van der Waals surface area contributed by atoms with Gasteiger partial charge in [-0.1, -0.05) is 49.4 Å². The van der Waals surface area contributed by atoms with Crippen molar-refractivity contribution >= 4 is 33.9 Å². The lowest BCUT2D eigenvalue weighted by molar-refractivity contribution is 0.0941. The van der Waals surface area contributed by atoms with Gasteiger partial charge in [0, 0.05) is 12.6 Å². The first kappa shape index (κ1) is 18.9. The second kappa shape index (κ2) is 7.91. The molecule has 1 amide bonds. The van der Waals surface area contributed by atoms with Gasteiger partial charge in [0.2, 0.25) is 0 Å². The lowest BCUT2D eigenvalue weighted by Crippen LogP contribution is -2.32. The third-order valence-corrected chi connectivity index (χ3v) is 5.28. The van der Waals surface area contributed by atoms with E-state index in [0.29, 0.717) is 29.1 Å². The van der Waals surface area contributed by atoms with Crippen LogP contribution in [0.2, 0.25) is 0 Å². The second-order valence-electron chi connectivity index (χ2n) is 7.31. The van der Waals surface area contributed by atoms with Crippen molar-refractivity contribution in [1.82, 2.24) is 19.9 Å². The van der Waals surface area contributed by atoms with Gasteiger partial charge in [0.25, 0.3) is 5.91 Å². The molecule has 6 nitrogen and oxygen atoms in total. The van der Waals surface area contributed by atoms with Crippen molar-refractivity contribution < 1.29 is 4.79 Å². The first-order valence-corrected chi connectivity index (χ1v) is 9.97. The van der Waals surface area contributed by atoms with E-state index in [1.54, 1.807) is 0 Å². The summed E-state index contributed by atoms with van der Waals surface area (Å²) in [5.74, 6) is 0.205. The summed E-state index contributed by atoms with van der Waals surface area (Å²) in [4.78, 5) is 22.5. The van der Waals surface area contributed by atoms with Crippen molar-refractivity contribution in [2.24, 2.45) is 0 Å². The number of nitrogens with one attached hydrogen (secondary N) is 1. The van der Waals surface area contributed by atoms with Crippen molar-refractivity contribution in [3.05, 3.63) is 65.7 Å². The van der Waals surface area contributed by atoms with E-state index in [1.165, 1.54) is 5.56 Å². The van der Waals surface area contributed by atoms with Crippen LogP contribution in [0.1, 0.15) is 36.2 Å². The zero-order valence-corrected chi connectivity index (χ0v) is 16.7. The van der Waals surface area contributed by atoms with Gasteiger partial charge in [0.1, 0.15) is 16.9 Å². The number of anilines is 1. The normalized spacial score (nSPS) is 12.3. The minimum Gasteiger partial charge on any atom is -0.384 e. The standard InChI is InChI=1S/C23H25N5O/c1-3-15(2)25-23(29)19-20-22(27-18-12-8-7-11-17(18)26-20)28(21(19)24)14-13-16-9-5-4-6-10-16/h4-12,15H,3,13-14,24H2,1-2H3,(H,25,29)/t15-/m0/s1. The van der Waals surface area contributed by atoms with Crippen molar-refractivity contribution in [3.8, 4) is 0 Å². The molecule has 1 atom stereocenters. The van der Waals surface area contributed by atoms with Gasteiger partial charge in [-0.3, -0.25) is 4.79 Å². The van der Waals surface area contributed by atoms with Gasteiger partial charge in [-0.05, 0) is 37.5 Å². The highest BCUT2D eigenvalue weighted by Crippen LogP contribution is 2.28. The molecule has 6 heteroatoms. The van der Waals surface area contributed by atoms with Crippen LogP contribution in [0.15, 0.2) is 54.6 Å². The highest BCUT2D eigenvalue weighted by Gasteiger charge is 2.24. The largest absolute Gasteiger partial charge is 0.384 e. The van der Waals surface area contributed by atoms with Crippen LogP contribution in [0.3, 0.4) is 0 Å². The molecule has 0 saturated heterocycles. The number of hydrogen-bond acceptors (Lipinski definition) is 4. The third-order valence-electron chi connectivity index (χ3n) is 5.28. The number of rotatable bonds is 6. The van der Waals surface area contributed by atoms with Crippen LogP contribution in [0.25, 0.3) is 22.2 Å². The zero-order valence-electron chi connectivity index (χ0n) is 16.7. The number of carbonyl (C=O) groups excluding carboxylic acids is 1. The molecule has 148 valence electrons. The van der Waals surface area contributed by atoms with E-state index >= 15 is 0 Å². The summed E-state index contributed by atoms with van der Waals surface area (Å²) in [6.07, 6.45) is 1.63. The molecule has 2 heterocycles. The molecule has 0 aliphatic rings. The van der Waals surface area contributed by atoms with Crippen LogP contribution in [-0.2, 0) is 13.0 Å². The topological polar surface area (TPSA) is 85.8 Å². The Kier molecular flexibility index (Phi) is 5.16. The van der Waals surface area contributed by atoms with Gasteiger partial charge in [0.05, 0.1) is 11.0 Å². The molecule has 0 saturated carbocycles. The highest BCUT2D eigenvalue weighted by molar-refractivity contribution is 6.10. The quantitative estimate of drug-likeness (QED) is 0.525. The number of aromatic nitrogens is 3. The fourth-order valence-corrected chi connectivity index (χ4v) is 3.45. The van der Waals surface area contributed by atoms with Gasteiger partial charge < -0.3 is 15.6 Å².